The number of likely N-dealkylation sites (tertiary alicyclic amines) is 1. The molecule has 0 aromatic heterocycles. The van der Waals surface area contributed by atoms with Crippen molar-refractivity contribution in [3.8, 4) is 0 Å². The molecule has 0 amide bonds. The van der Waals surface area contributed by atoms with Gasteiger partial charge in [-0.3, -0.25) is 4.90 Å². The standard InChI is InChI=1S/C13H26N2/c1-11-4-2-5-12(8-7-11)15-9-3-6-13(15)10-14/h11-13H,2-10,14H2,1H3. The Bertz CT molecular complexity index is 193. The summed E-state index contributed by atoms with van der Waals surface area (Å²) < 4.78 is 0. The molecule has 2 aliphatic rings. The van der Waals surface area contributed by atoms with Crippen molar-refractivity contribution in [3.05, 3.63) is 0 Å². The van der Waals surface area contributed by atoms with Crippen molar-refractivity contribution in [1.82, 2.24) is 4.90 Å². The van der Waals surface area contributed by atoms with Crippen LogP contribution in [0.25, 0.3) is 0 Å². The van der Waals surface area contributed by atoms with Gasteiger partial charge in [-0.15, -0.1) is 0 Å². The topological polar surface area (TPSA) is 29.3 Å². The van der Waals surface area contributed by atoms with Crippen LogP contribution in [-0.4, -0.2) is 30.1 Å². The van der Waals surface area contributed by atoms with E-state index < -0.39 is 0 Å². The Morgan fingerprint density at radius 1 is 1.07 bits per heavy atom. The predicted molar refractivity (Wildman–Crippen MR) is 64.8 cm³/mol. The highest BCUT2D eigenvalue weighted by molar-refractivity contribution is 4.86. The van der Waals surface area contributed by atoms with E-state index in [1.54, 1.807) is 0 Å². The highest BCUT2D eigenvalue weighted by Crippen LogP contribution is 2.30. The van der Waals surface area contributed by atoms with E-state index in [1.807, 2.05) is 0 Å². The fraction of sp³-hybridized carbons (Fsp3) is 1.00. The van der Waals surface area contributed by atoms with Crippen LogP contribution in [0, 0.1) is 5.92 Å². The van der Waals surface area contributed by atoms with Crippen molar-refractivity contribution < 1.29 is 0 Å². The van der Waals surface area contributed by atoms with E-state index in [9.17, 15) is 0 Å². The smallest absolute Gasteiger partial charge is 0.0221 e. The van der Waals surface area contributed by atoms with Crippen molar-refractivity contribution in [3.63, 3.8) is 0 Å². The number of rotatable bonds is 2. The maximum absolute atomic E-state index is 5.86. The molecule has 0 aromatic carbocycles. The lowest BCUT2D eigenvalue weighted by Gasteiger charge is -2.32. The summed E-state index contributed by atoms with van der Waals surface area (Å²) in [6, 6.07) is 1.55. The van der Waals surface area contributed by atoms with E-state index in [4.69, 9.17) is 5.73 Å². The van der Waals surface area contributed by atoms with Crippen LogP contribution in [0.3, 0.4) is 0 Å². The van der Waals surface area contributed by atoms with Gasteiger partial charge in [-0.2, -0.15) is 0 Å². The van der Waals surface area contributed by atoms with E-state index in [-0.39, 0.29) is 0 Å². The van der Waals surface area contributed by atoms with Crippen LogP contribution < -0.4 is 5.73 Å². The molecule has 2 nitrogen and oxygen atoms in total. The van der Waals surface area contributed by atoms with Gasteiger partial charge in [0.15, 0.2) is 0 Å². The third-order valence-electron chi connectivity index (χ3n) is 4.39. The lowest BCUT2D eigenvalue weighted by molar-refractivity contribution is 0.166. The third-order valence-corrected chi connectivity index (χ3v) is 4.39. The molecule has 2 heteroatoms. The Morgan fingerprint density at radius 2 is 1.93 bits per heavy atom. The van der Waals surface area contributed by atoms with Crippen molar-refractivity contribution in [2.75, 3.05) is 13.1 Å². The zero-order valence-electron chi connectivity index (χ0n) is 10.1. The third kappa shape index (κ3) is 2.73. The molecule has 0 spiro atoms. The number of nitrogens with two attached hydrogens (primary N) is 1. The molecule has 0 radical (unpaired) electrons. The summed E-state index contributed by atoms with van der Waals surface area (Å²) in [5.74, 6) is 0.953. The van der Waals surface area contributed by atoms with Gasteiger partial charge in [-0.25, -0.2) is 0 Å². The van der Waals surface area contributed by atoms with E-state index in [0.717, 1.165) is 18.5 Å². The van der Waals surface area contributed by atoms with Crippen LogP contribution in [0.15, 0.2) is 0 Å². The van der Waals surface area contributed by atoms with Crippen LogP contribution in [0.1, 0.15) is 51.9 Å². The van der Waals surface area contributed by atoms with Gasteiger partial charge in [0.25, 0.3) is 0 Å². The van der Waals surface area contributed by atoms with Crippen molar-refractivity contribution in [1.29, 1.82) is 0 Å². The van der Waals surface area contributed by atoms with Gasteiger partial charge in [-0.1, -0.05) is 19.8 Å². The van der Waals surface area contributed by atoms with Crippen LogP contribution in [-0.2, 0) is 0 Å². The monoisotopic (exact) mass is 210 g/mol. The summed E-state index contributed by atoms with van der Waals surface area (Å²) in [6.45, 7) is 4.58. The lowest BCUT2D eigenvalue weighted by Crippen LogP contribution is -2.42. The second-order valence-corrected chi connectivity index (χ2v) is 5.54. The summed E-state index contributed by atoms with van der Waals surface area (Å²) in [6.07, 6.45) is 9.84. The fourth-order valence-corrected chi connectivity index (χ4v) is 3.39. The molecule has 15 heavy (non-hydrogen) atoms. The second kappa shape index (κ2) is 5.31. The Balaban J connectivity index is 1.91. The first kappa shape index (κ1) is 11.4. The van der Waals surface area contributed by atoms with Gasteiger partial charge in [0.05, 0.1) is 0 Å². The first-order chi connectivity index (χ1) is 7.31. The van der Waals surface area contributed by atoms with Crippen molar-refractivity contribution in [2.24, 2.45) is 11.7 Å². The molecule has 0 aromatic rings. The lowest BCUT2D eigenvalue weighted by atomic mass is 10.0. The zero-order chi connectivity index (χ0) is 10.7. The number of hydrogen-bond donors (Lipinski definition) is 1. The van der Waals surface area contributed by atoms with E-state index >= 15 is 0 Å². The minimum atomic E-state index is 0.698. The van der Waals surface area contributed by atoms with Crippen LogP contribution in [0.4, 0.5) is 0 Å². The quantitative estimate of drug-likeness (QED) is 0.709. The molecule has 1 saturated heterocycles. The van der Waals surface area contributed by atoms with Crippen LogP contribution in [0.5, 0.6) is 0 Å². The fourth-order valence-electron chi connectivity index (χ4n) is 3.39. The van der Waals surface area contributed by atoms with Gasteiger partial charge >= 0.3 is 0 Å². The molecule has 2 N–H and O–H groups in total. The molecule has 1 heterocycles. The van der Waals surface area contributed by atoms with Gasteiger partial charge < -0.3 is 5.73 Å². The highest BCUT2D eigenvalue weighted by Gasteiger charge is 2.30. The molecule has 1 saturated carbocycles. The zero-order valence-corrected chi connectivity index (χ0v) is 10.1. The largest absolute Gasteiger partial charge is 0.329 e. The molecular weight excluding hydrogens is 184 g/mol. The molecule has 1 aliphatic heterocycles. The molecule has 1 aliphatic carbocycles. The summed E-state index contributed by atoms with van der Waals surface area (Å²) >= 11 is 0. The Hall–Kier alpha value is -0.0800. The summed E-state index contributed by atoms with van der Waals surface area (Å²) in [7, 11) is 0. The Kier molecular flexibility index (Phi) is 4.04. The normalized spacial score (nSPS) is 39.2. The Morgan fingerprint density at radius 3 is 2.73 bits per heavy atom. The molecule has 2 fully saturated rings. The molecule has 88 valence electrons. The SMILES string of the molecule is CC1CCCC(N2CCCC2CN)CC1. The molecule has 3 unspecified atom stereocenters. The molecule has 2 rings (SSSR count). The molecular formula is C13H26N2. The van der Waals surface area contributed by atoms with Gasteiger partial charge in [0.1, 0.15) is 0 Å². The number of nitrogens with zero attached hydrogens (tertiary/aromatic N) is 1. The summed E-state index contributed by atoms with van der Waals surface area (Å²) in [4.78, 5) is 2.72. The minimum absolute atomic E-state index is 0.698. The van der Waals surface area contributed by atoms with Crippen molar-refractivity contribution >= 4 is 0 Å². The van der Waals surface area contributed by atoms with E-state index in [1.165, 1.54) is 51.5 Å². The maximum atomic E-state index is 5.86. The molecule has 0 bridgehead atoms. The Labute approximate surface area is 94.2 Å². The van der Waals surface area contributed by atoms with Crippen molar-refractivity contribution in [2.45, 2.75) is 64.0 Å². The first-order valence-electron chi connectivity index (χ1n) is 6.77. The van der Waals surface area contributed by atoms with E-state index in [0.29, 0.717) is 6.04 Å². The first-order valence-corrected chi connectivity index (χ1v) is 6.77. The minimum Gasteiger partial charge on any atom is -0.329 e. The summed E-state index contributed by atoms with van der Waals surface area (Å²) in [5, 5.41) is 0. The number of hydrogen-bond acceptors (Lipinski definition) is 2. The van der Waals surface area contributed by atoms with E-state index in [2.05, 4.69) is 11.8 Å². The van der Waals surface area contributed by atoms with Crippen LogP contribution in [0.2, 0.25) is 0 Å². The average Bonchev–Trinajstić information content (AvgIpc) is 2.61. The molecule has 3 atom stereocenters. The second-order valence-electron chi connectivity index (χ2n) is 5.54. The predicted octanol–water partition coefficient (Wildman–Crippen LogP) is 2.38. The van der Waals surface area contributed by atoms with Gasteiger partial charge in [-0.05, 0) is 44.6 Å². The highest BCUT2D eigenvalue weighted by atomic mass is 15.2. The van der Waals surface area contributed by atoms with Crippen LogP contribution >= 0.6 is 0 Å². The average molecular weight is 210 g/mol. The maximum Gasteiger partial charge on any atom is 0.0221 e. The van der Waals surface area contributed by atoms with Gasteiger partial charge in [0, 0.05) is 18.6 Å². The summed E-state index contributed by atoms with van der Waals surface area (Å²) in [5.41, 5.74) is 5.86. The van der Waals surface area contributed by atoms with Gasteiger partial charge in [0.2, 0.25) is 0 Å².